The quantitative estimate of drug-likeness (QED) is 0.865. The van der Waals surface area contributed by atoms with E-state index in [0.29, 0.717) is 0 Å². The van der Waals surface area contributed by atoms with Gasteiger partial charge in [0.15, 0.2) is 5.76 Å². The van der Waals surface area contributed by atoms with Crippen LogP contribution in [0.1, 0.15) is 5.76 Å². The fraction of sp³-hybridized carbons (Fsp3) is 0.357. The summed E-state index contributed by atoms with van der Waals surface area (Å²) in [5.74, 6) is 0.881. The molecule has 19 heavy (non-hydrogen) atoms. The first kappa shape index (κ1) is 12.7. The van der Waals surface area contributed by atoms with Crippen LogP contribution in [-0.2, 0) is 11.3 Å². The Kier molecular flexibility index (Phi) is 3.82. The van der Waals surface area contributed by atoms with Gasteiger partial charge >= 0.3 is 0 Å². The Morgan fingerprint density at radius 2 is 1.89 bits per heavy atom. The monoisotopic (exact) mass is 278 g/mol. The van der Waals surface area contributed by atoms with Crippen LogP contribution in [0.3, 0.4) is 0 Å². The van der Waals surface area contributed by atoms with E-state index in [9.17, 15) is 0 Å². The lowest BCUT2D eigenvalue weighted by molar-refractivity contribution is 0.0305. The summed E-state index contributed by atoms with van der Waals surface area (Å²) in [5, 5.41) is 4.83. The zero-order valence-corrected chi connectivity index (χ0v) is 11.3. The molecular weight excluding hydrogens is 264 g/mol. The van der Waals surface area contributed by atoms with Crippen molar-refractivity contribution in [3.8, 4) is 11.3 Å². The molecule has 0 bridgehead atoms. The third-order valence-corrected chi connectivity index (χ3v) is 3.43. The van der Waals surface area contributed by atoms with Gasteiger partial charge in [-0.1, -0.05) is 28.9 Å². The van der Waals surface area contributed by atoms with Crippen molar-refractivity contribution in [2.75, 3.05) is 26.3 Å². The fourth-order valence-electron chi connectivity index (χ4n) is 2.12. The summed E-state index contributed by atoms with van der Waals surface area (Å²) in [6, 6.07) is 9.58. The van der Waals surface area contributed by atoms with E-state index in [4.69, 9.17) is 20.9 Å². The molecule has 0 saturated carbocycles. The summed E-state index contributed by atoms with van der Waals surface area (Å²) >= 11 is 5.87. The molecule has 2 heterocycles. The van der Waals surface area contributed by atoms with Gasteiger partial charge < -0.3 is 9.26 Å². The Morgan fingerprint density at radius 1 is 1.16 bits per heavy atom. The molecule has 0 aliphatic carbocycles. The van der Waals surface area contributed by atoms with E-state index in [1.165, 1.54) is 0 Å². The molecule has 1 aliphatic rings. The van der Waals surface area contributed by atoms with Crippen molar-refractivity contribution in [2.45, 2.75) is 6.54 Å². The lowest BCUT2D eigenvalue weighted by atomic mass is 10.1. The van der Waals surface area contributed by atoms with Crippen LogP contribution in [0.15, 0.2) is 34.9 Å². The highest BCUT2D eigenvalue weighted by atomic mass is 35.5. The Bertz CT molecular complexity index is 533. The Balaban J connectivity index is 1.70. The van der Waals surface area contributed by atoms with Crippen LogP contribution in [0.25, 0.3) is 11.3 Å². The van der Waals surface area contributed by atoms with E-state index in [1.54, 1.807) is 0 Å². The standard InChI is InChI=1S/C14H15ClN2O2/c15-12-3-1-11(2-4-12)14-9-13(19-16-14)10-17-5-7-18-8-6-17/h1-4,9H,5-8,10H2. The first-order chi connectivity index (χ1) is 9.31. The van der Waals surface area contributed by atoms with Gasteiger partial charge in [0.1, 0.15) is 5.69 Å². The molecule has 1 fully saturated rings. The molecule has 4 nitrogen and oxygen atoms in total. The topological polar surface area (TPSA) is 38.5 Å². The third-order valence-electron chi connectivity index (χ3n) is 3.18. The van der Waals surface area contributed by atoms with Crippen molar-refractivity contribution in [3.63, 3.8) is 0 Å². The zero-order chi connectivity index (χ0) is 13.1. The molecule has 2 aromatic rings. The lowest BCUT2D eigenvalue weighted by Crippen LogP contribution is -2.35. The predicted octanol–water partition coefficient (Wildman–Crippen LogP) is 2.83. The second-order valence-corrected chi connectivity index (χ2v) is 5.01. The molecule has 1 aromatic carbocycles. The van der Waals surface area contributed by atoms with Gasteiger partial charge in [-0.3, -0.25) is 4.90 Å². The van der Waals surface area contributed by atoms with Gasteiger partial charge in [-0.05, 0) is 12.1 Å². The summed E-state index contributed by atoms with van der Waals surface area (Å²) in [4.78, 5) is 2.30. The van der Waals surface area contributed by atoms with Crippen LogP contribution in [0.2, 0.25) is 5.02 Å². The van der Waals surface area contributed by atoms with Crippen molar-refractivity contribution < 1.29 is 9.26 Å². The number of halogens is 1. The van der Waals surface area contributed by atoms with Crippen molar-refractivity contribution in [1.29, 1.82) is 0 Å². The van der Waals surface area contributed by atoms with E-state index in [-0.39, 0.29) is 0 Å². The van der Waals surface area contributed by atoms with Crippen LogP contribution < -0.4 is 0 Å². The SMILES string of the molecule is Clc1ccc(-c2cc(CN3CCOCC3)on2)cc1. The van der Waals surface area contributed by atoms with E-state index in [0.717, 1.165) is 54.9 Å². The number of hydrogen-bond acceptors (Lipinski definition) is 4. The van der Waals surface area contributed by atoms with Crippen LogP contribution in [0.4, 0.5) is 0 Å². The van der Waals surface area contributed by atoms with Gasteiger partial charge in [0.2, 0.25) is 0 Å². The molecule has 1 aliphatic heterocycles. The second kappa shape index (κ2) is 5.74. The lowest BCUT2D eigenvalue weighted by Gasteiger charge is -2.25. The van der Waals surface area contributed by atoms with Crippen molar-refractivity contribution in [2.24, 2.45) is 0 Å². The molecule has 0 amide bonds. The number of hydrogen-bond donors (Lipinski definition) is 0. The smallest absolute Gasteiger partial charge is 0.151 e. The van der Waals surface area contributed by atoms with E-state index in [2.05, 4.69) is 10.1 Å². The molecule has 0 atom stereocenters. The Hall–Kier alpha value is -1.36. The zero-order valence-electron chi connectivity index (χ0n) is 10.5. The Morgan fingerprint density at radius 3 is 2.63 bits per heavy atom. The van der Waals surface area contributed by atoms with Gasteiger partial charge in [-0.25, -0.2) is 0 Å². The minimum absolute atomic E-state index is 0.723. The summed E-state index contributed by atoms with van der Waals surface area (Å²) < 4.78 is 10.7. The largest absolute Gasteiger partial charge is 0.379 e. The minimum Gasteiger partial charge on any atom is -0.379 e. The molecule has 0 radical (unpaired) electrons. The summed E-state index contributed by atoms with van der Waals surface area (Å²) in [7, 11) is 0. The number of rotatable bonds is 3. The Labute approximate surface area is 116 Å². The van der Waals surface area contributed by atoms with E-state index >= 15 is 0 Å². The summed E-state index contributed by atoms with van der Waals surface area (Å²) in [5.41, 5.74) is 1.86. The van der Waals surface area contributed by atoms with Crippen molar-refractivity contribution >= 4 is 11.6 Å². The normalized spacial score (nSPS) is 16.7. The molecule has 0 N–H and O–H groups in total. The maximum Gasteiger partial charge on any atom is 0.151 e. The molecule has 0 spiro atoms. The van der Waals surface area contributed by atoms with E-state index in [1.807, 2.05) is 30.3 Å². The van der Waals surface area contributed by atoms with Crippen LogP contribution in [0.5, 0.6) is 0 Å². The first-order valence-corrected chi connectivity index (χ1v) is 6.71. The maximum absolute atomic E-state index is 5.87. The summed E-state index contributed by atoms with van der Waals surface area (Å²) in [6.07, 6.45) is 0. The number of nitrogens with zero attached hydrogens (tertiary/aromatic N) is 2. The van der Waals surface area contributed by atoms with Crippen LogP contribution in [-0.4, -0.2) is 36.4 Å². The third kappa shape index (κ3) is 3.15. The predicted molar refractivity (Wildman–Crippen MR) is 73.0 cm³/mol. The highest BCUT2D eigenvalue weighted by molar-refractivity contribution is 6.30. The van der Waals surface area contributed by atoms with Crippen LogP contribution >= 0.6 is 11.6 Å². The molecule has 1 saturated heterocycles. The van der Waals surface area contributed by atoms with Gasteiger partial charge in [-0.15, -0.1) is 0 Å². The molecule has 100 valence electrons. The molecule has 0 unspecified atom stereocenters. The van der Waals surface area contributed by atoms with Crippen molar-refractivity contribution in [3.05, 3.63) is 41.1 Å². The maximum atomic E-state index is 5.87. The highest BCUT2D eigenvalue weighted by Gasteiger charge is 2.14. The number of benzene rings is 1. The number of aromatic nitrogens is 1. The molecule has 5 heteroatoms. The average Bonchev–Trinajstić information content (AvgIpc) is 2.89. The molecule has 1 aromatic heterocycles. The fourth-order valence-corrected chi connectivity index (χ4v) is 2.25. The summed E-state index contributed by atoms with van der Waals surface area (Å²) in [6.45, 7) is 4.24. The van der Waals surface area contributed by atoms with Gasteiger partial charge in [0.25, 0.3) is 0 Å². The minimum atomic E-state index is 0.723. The van der Waals surface area contributed by atoms with Gasteiger partial charge in [0.05, 0.1) is 19.8 Å². The van der Waals surface area contributed by atoms with E-state index < -0.39 is 0 Å². The molecule has 3 rings (SSSR count). The first-order valence-electron chi connectivity index (χ1n) is 6.33. The average molecular weight is 279 g/mol. The highest BCUT2D eigenvalue weighted by Crippen LogP contribution is 2.22. The van der Waals surface area contributed by atoms with Gasteiger partial charge in [0, 0.05) is 29.7 Å². The second-order valence-electron chi connectivity index (χ2n) is 4.57. The number of morpholine rings is 1. The van der Waals surface area contributed by atoms with Gasteiger partial charge in [-0.2, -0.15) is 0 Å². The van der Waals surface area contributed by atoms with Crippen LogP contribution in [0, 0.1) is 0 Å². The molecular formula is C14H15ClN2O2. The number of ether oxygens (including phenoxy) is 1. The van der Waals surface area contributed by atoms with Crippen molar-refractivity contribution in [1.82, 2.24) is 10.1 Å².